The van der Waals surface area contributed by atoms with Crippen molar-refractivity contribution >= 4 is 33.3 Å². The van der Waals surface area contributed by atoms with Crippen LogP contribution in [-0.2, 0) is 6.42 Å². The summed E-state index contributed by atoms with van der Waals surface area (Å²) < 4.78 is 0. The molecule has 2 rings (SSSR count). The van der Waals surface area contributed by atoms with E-state index in [2.05, 4.69) is 55.9 Å². The van der Waals surface area contributed by atoms with Crippen LogP contribution >= 0.6 is 11.3 Å². The minimum atomic E-state index is 0.479. The lowest BCUT2D eigenvalue weighted by atomic mass is 10.2. The molecule has 0 spiro atoms. The molecular weight excluding hydrogens is 280 g/mol. The maximum absolute atomic E-state index is 4.79. The van der Waals surface area contributed by atoms with Crippen molar-refractivity contribution in [3.8, 4) is 0 Å². The van der Waals surface area contributed by atoms with Crippen molar-refractivity contribution in [2.45, 2.75) is 53.5 Å². The maximum atomic E-state index is 4.79. The zero-order valence-corrected chi connectivity index (χ0v) is 14.5. The predicted molar refractivity (Wildman–Crippen MR) is 93.7 cm³/mol. The molecule has 0 aromatic carbocycles. The first-order valence-corrected chi connectivity index (χ1v) is 8.77. The standard InChI is InChI=1S/C16H26N4S/c1-6-11(5)20(9-4)14-13-10-12(7-2)21-15(13)19-16(18-14)17-8-3/h10-11H,6-9H2,1-5H3,(H,17,18,19). The van der Waals surface area contributed by atoms with E-state index >= 15 is 0 Å². The van der Waals surface area contributed by atoms with Crippen molar-refractivity contribution in [3.05, 3.63) is 10.9 Å². The highest BCUT2D eigenvalue weighted by atomic mass is 32.1. The highest BCUT2D eigenvalue weighted by molar-refractivity contribution is 7.18. The molecule has 0 aliphatic rings. The molecule has 4 nitrogen and oxygen atoms in total. The summed E-state index contributed by atoms with van der Waals surface area (Å²) in [7, 11) is 0. The van der Waals surface area contributed by atoms with Crippen molar-refractivity contribution < 1.29 is 0 Å². The van der Waals surface area contributed by atoms with Gasteiger partial charge < -0.3 is 10.2 Å². The third kappa shape index (κ3) is 3.28. The number of thiophene rings is 1. The third-order valence-corrected chi connectivity index (χ3v) is 5.02. The minimum absolute atomic E-state index is 0.479. The second kappa shape index (κ2) is 7.07. The average molecular weight is 306 g/mol. The largest absolute Gasteiger partial charge is 0.354 e. The molecule has 0 saturated carbocycles. The van der Waals surface area contributed by atoms with Gasteiger partial charge in [0, 0.05) is 24.0 Å². The molecular formula is C16H26N4S. The second-order valence-electron chi connectivity index (χ2n) is 5.23. The fourth-order valence-electron chi connectivity index (χ4n) is 2.48. The van der Waals surface area contributed by atoms with Gasteiger partial charge in [0.1, 0.15) is 10.6 Å². The average Bonchev–Trinajstić information content (AvgIpc) is 2.91. The van der Waals surface area contributed by atoms with Crippen LogP contribution in [0.5, 0.6) is 0 Å². The fraction of sp³-hybridized carbons (Fsp3) is 0.625. The molecule has 5 heteroatoms. The molecule has 116 valence electrons. The van der Waals surface area contributed by atoms with E-state index in [4.69, 9.17) is 4.98 Å². The Labute approximate surface area is 131 Å². The van der Waals surface area contributed by atoms with E-state index in [-0.39, 0.29) is 0 Å². The van der Waals surface area contributed by atoms with Crippen molar-refractivity contribution in [2.24, 2.45) is 0 Å². The lowest BCUT2D eigenvalue weighted by Gasteiger charge is -2.29. The summed E-state index contributed by atoms with van der Waals surface area (Å²) in [6, 6.07) is 2.74. The van der Waals surface area contributed by atoms with Gasteiger partial charge >= 0.3 is 0 Å². The molecule has 2 aromatic rings. The molecule has 1 unspecified atom stereocenters. The van der Waals surface area contributed by atoms with Crippen LogP contribution in [0.25, 0.3) is 10.2 Å². The van der Waals surface area contributed by atoms with Crippen LogP contribution in [0.1, 0.15) is 45.9 Å². The van der Waals surface area contributed by atoms with Gasteiger partial charge in [-0.15, -0.1) is 11.3 Å². The second-order valence-corrected chi connectivity index (χ2v) is 6.34. The predicted octanol–water partition coefficient (Wildman–Crippen LogP) is 4.31. The van der Waals surface area contributed by atoms with E-state index < -0.39 is 0 Å². The Bertz CT molecular complexity index is 593. The summed E-state index contributed by atoms with van der Waals surface area (Å²) >= 11 is 1.78. The summed E-state index contributed by atoms with van der Waals surface area (Å²) in [6.07, 6.45) is 2.16. The van der Waals surface area contributed by atoms with Gasteiger partial charge in [0.15, 0.2) is 0 Å². The van der Waals surface area contributed by atoms with E-state index in [1.54, 1.807) is 11.3 Å². The monoisotopic (exact) mass is 306 g/mol. The maximum Gasteiger partial charge on any atom is 0.226 e. The Morgan fingerprint density at radius 3 is 2.57 bits per heavy atom. The number of aromatic nitrogens is 2. The number of rotatable bonds is 7. The van der Waals surface area contributed by atoms with Crippen molar-refractivity contribution in [2.75, 3.05) is 23.3 Å². The van der Waals surface area contributed by atoms with Crippen LogP contribution in [0.3, 0.4) is 0 Å². The zero-order chi connectivity index (χ0) is 15.4. The van der Waals surface area contributed by atoms with E-state index in [0.29, 0.717) is 6.04 Å². The highest BCUT2D eigenvalue weighted by Gasteiger charge is 2.19. The summed E-state index contributed by atoms with van der Waals surface area (Å²) in [4.78, 5) is 14.3. The normalized spacial score (nSPS) is 12.6. The van der Waals surface area contributed by atoms with Gasteiger partial charge in [-0.05, 0) is 39.7 Å². The molecule has 0 fully saturated rings. The Balaban J connectivity index is 2.59. The Morgan fingerprint density at radius 1 is 1.24 bits per heavy atom. The van der Waals surface area contributed by atoms with Gasteiger partial charge in [-0.2, -0.15) is 4.98 Å². The van der Waals surface area contributed by atoms with E-state index in [9.17, 15) is 0 Å². The van der Waals surface area contributed by atoms with E-state index in [0.717, 1.165) is 42.5 Å². The fourth-order valence-corrected chi connectivity index (χ4v) is 3.44. The van der Waals surface area contributed by atoms with Crippen molar-refractivity contribution in [1.29, 1.82) is 0 Å². The van der Waals surface area contributed by atoms with Gasteiger partial charge in [-0.25, -0.2) is 4.98 Å². The van der Waals surface area contributed by atoms with Crippen molar-refractivity contribution in [1.82, 2.24) is 9.97 Å². The molecule has 0 bridgehead atoms. The topological polar surface area (TPSA) is 41.1 Å². The van der Waals surface area contributed by atoms with Gasteiger partial charge in [-0.1, -0.05) is 13.8 Å². The lowest BCUT2D eigenvalue weighted by Crippen LogP contribution is -2.33. The van der Waals surface area contributed by atoms with Crippen LogP contribution in [0.4, 0.5) is 11.8 Å². The molecule has 21 heavy (non-hydrogen) atoms. The smallest absolute Gasteiger partial charge is 0.226 e. The molecule has 1 atom stereocenters. The van der Waals surface area contributed by atoms with Crippen LogP contribution in [0, 0.1) is 0 Å². The van der Waals surface area contributed by atoms with E-state index in [1.165, 1.54) is 10.3 Å². The Kier molecular flexibility index (Phi) is 5.39. The molecule has 0 amide bonds. The highest BCUT2D eigenvalue weighted by Crippen LogP contribution is 2.33. The van der Waals surface area contributed by atoms with Crippen LogP contribution in [0.15, 0.2) is 6.07 Å². The lowest BCUT2D eigenvalue weighted by molar-refractivity contribution is 0.625. The number of hydrogen-bond donors (Lipinski definition) is 1. The SMILES string of the molecule is CCNc1nc(N(CC)C(C)CC)c2cc(CC)sc2n1. The number of nitrogens with zero attached hydrogens (tertiary/aromatic N) is 3. The van der Waals surface area contributed by atoms with Gasteiger partial charge in [0.25, 0.3) is 0 Å². The molecule has 0 aliphatic carbocycles. The van der Waals surface area contributed by atoms with Crippen LogP contribution < -0.4 is 10.2 Å². The van der Waals surface area contributed by atoms with Gasteiger partial charge in [0.05, 0.1) is 5.39 Å². The summed E-state index contributed by atoms with van der Waals surface area (Å²) in [5.41, 5.74) is 0. The van der Waals surface area contributed by atoms with Crippen LogP contribution in [0.2, 0.25) is 0 Å². The van der Waals surface area contributed by atoms with Crippen molar-refractivity contribution in [3.63, 3.8) is 0 Å². The third-order valence-electron chi connectivity index (χ3n) is 3.84. The van der Waals surface area contributed by atoms with Crippen LogP contribution in [-0.4, -0.2) is 29.1 Å². The molecule has 2 heterocycles. The quantitative estimate of drug-likeness (QED) is 0.827. The number of fused-ring (bicyclic) bond motifs is 1. The first-order chi connectivity index (χ1) is 10.1. The summed E-state index contributed by atoms with van der Waals surface area (Å²) in [5.74, 6) is 1.81. The first-order valence-electron chi connectivity index (χ1n) is 7.95. The zero-order valence-electron chi connectivity index (χ0n) is 13.7. The molecule has 1 N–H and O–H groups in total. The Morgan fingerprint density at radius 2 is 2.00 bits per heavy atom. The first kappa shape index (κ1) is 16.0. The molecule has 0 saturated heterocycles. The molecule has 0 radical (unpaired) electrons. The number of hydrogen-bond acceptors (Lipinski definition) is 5. The van der Waals surface area contributed by atoms with Gasteiger partial charge in [0.2, 0.25) is 5.95 Å². The summed E-state index contributed by atoms with van der Waals surface area (Å²) in [6.45, 7) is 12.7. The van der Waals surface area contributed by atoms with Gasteiger partial charge in [-0.3, -0.25) is 0 Å². The minimum Gasteiger partial charge on any atom is -0.354 e. The van der Waals surface area contributed by atoms with E-state index in [1.807, 2.05) is 0 Å². The molecule has 2 aromatic heterocycles. The Hall–Kier alpha value is -1.36. The number of nitrogens with one attached hydrogen (secondary N) is 1. The number of anilines is 2. The number of aryl methyl sites for hydroxylation is 1. The molecule has 0 aliphatic heterocycles. The summed E-state index contributed by atoms with van der Waals surface area (Å²) in [5, 5.41) is 4.46.